The average Bonchev–Trinajstić information content (AvgIpc) is 2.59. The molecule has 0 atom stereocenters. The van der Waals surface area contributed by atoms with E-state index < -0.39 is 0 Å². The molecular formula is C5H3N3OS. The summed E-state index contributed by atoms with van der Waals surface area (Å²) >= 11 is 1.21. The lowest BCUT2D eigenvalue weighted by Crippen LogP contribution is -1.70. The number of aromatic nitrogens is 3. The lowest BCUT2D eigenvalue weighted by molar-refractivity contribution is 0.581. The van der Waals surface area contributed by atoms with E-state index in [0.717, 1.165) is 5.76 Å². The highest BCUT2D eigenvalue weighted by molar-refractivity contribution is 7.08. The lowest BCUT2D eigenvalue weighted by atomic mass is 10.5. The van der Waals surface area contributed by atoms with Crippen molar-refractivity contribution in [1.82, 2.24) is 14.8 Å². The van der Waals surface area contributed by atoms with Gasteiger partial charge in [-0.15, -0.1) is 5.10 Å². The summed E-state index contributed by atoms with van der Waals surface area (Å²) in [5.41, 5.74) is 0. The molecule has 0 radical (unpaired) electrons. The van der Waals surface area contributed by atoms with Crippen molar-refractivity contribution in [2.45, 2.75) is 0 Å². The van der Waals surface area contributed by atoms with Gasteiger partial charge in [0, 0.05) is 11.5 Å². The Balaban J connectivity index is 2.48. The van der Waals surface area contributed by atoms with Gasteiger partial charge >= 0.3 is 0 Å². The molecule has 2 aromatic rings. The largest absolute Gasteiger partial charge is 0.462 e. The van der Waals surface area contributed by atoms with Crippen LogP contribution in [0.15, 0.2) is 22.8 Å². The predicted octanol–water partition coefficient (Wildman–Crippen LogP) is 1.19. The van der Waals surface area contributed by atoms with Gasteiger partial charge in [-0.3, -0.25) is 0 Å². The molecular weight excluding hydrogens is 150 g/mol. The predicted molar refractivity (Wildman–Crippen MR) is 35.4 cm³/mol. The Kier molecular flexibility index (Phi) is 1.21. The monoisotopic (exact) mass is 153 g/mol. The summed E-state index contributed by atoms with van der Waals surface area (Å²) < 4.78 is 8.64. The van der Waals surface area contributed by atoms with E-state index in [1.54, 1.807) is 12.3 Å². The molecule has 0 saturated carbocycles. The van der Waals surface area contributed by atoms with E-state index in [1.807, 2.05) is 6.07 Å². The maximum Gasteiger partial charge on any atom is 0.203 e. The number of hydrogen-bond acceptors (Lipinski definition) is 5. The molecule has 0 aliphatic heterocycles. The minimum Gasteiger partial charge on any atom is -0.462 e. The fraction of sp³-hybridized carbons (Fsp3) is 0. The minimum atomic E-state index is 0.713. The Morgan fingerprint density at radius 2 is 2.50 bits per heavy atom. The summed E-state index contributed by atoms with van der Waals surface area (Å²) in [6.45, 7) is 0. The third-order valence-electron chi connectivity index (χ3n) is 1.03. The van der Waals surface area contributed by atoms with Crippen LogP contribution in [0, 0.1) is 0 Å². The molecule has 0 fully saturated rings. The molecule has 0 aliphatic carbocycles. The van der Waals surface area contributed by atoms with E-state index in [2.05, 4.69) is 14.8 Å². The van der Waals surface area contributed by atoms with Crippen molar-refractivity contribution in [1.29, 1.82) is 0 Å². The highest BCUT2D eigenvalue weighted by Gasteiger charge is 2.03. The van der Waals surface area contributed by atoms with Crippen molar-refractivity contribution in [2.24, 2.45) is 0 Å². The first-order chi connectivity index (χ1) is 4.97. The van der Waals surface area contributed by atoms with Gasteiger partial charge in [-0.2, -0.15) is 0 Å². The van der Waals surface area contributed by atoms with E-state index in [-0.39, 0.29) is 0 Å². The molecule has 0 amide bonds. The van der Waals surface area contributed by atoms with Crippen molar-refractivity contribution >= 4 is 11.5 Å². The third-order valence-corrected chi connectivity index (χ3v) is 1.64. The van der Waals surface area contributed by atoms with E-state index >= 15 is 0 Å². The highest BCUT2D eigenvalue weighted by atomic mass is 32.1. The summed E-state index contributed by atoms with van der Waals surface area (Å²) in [4.78, 5) is 0. The van der Waals surface area contributed by atoms with Crippen LogP contribution in [0.1, 0.15) is 0 Å². The van der Waals surface area contributed by atoms with Gasteiger partial charge in [0.05, 0.1) is 6.26 Å². The average molecular weight is 153 g/mol. The molecule has 0 saturated heterocycles. The summed E-state index contributed by atoms with van der Waals surface area (Å²) in [5.74, 6) is 0.718. The van der Waals surface area contributed by atoms with Gasteiger partial charge in [-0.05, 0) is 17.3 Å². The van der Waals surface area contributed by atoms with Crippen LogP contribution in [-0.4, -0.2) is 14.8 Å². The summed E-state index contributed by atoms with van der Waals surface area (Å²) in [6, 6.07) is 3.62. The Hall–Kier alpha value is -1.23. The molecule has 50 valence electrons. The smallest absolute Gasteiger partial charge is 0.203 e. The van der Waals surface area contributed by atoms with Gasteiger partial charge in [0.15, 0.2) is 5.76 Å². The van der Waals surface area contributed by atoms with Crippen LogP contribution in [0.2, 0.25) is 0 Å². The minimum absolute atomic E-state index is 0.713. The first-order valence-electron chi connectivity index (χ1n) is 2.66. The molecule has 0 aromatic carbocycles. The molecule has 0 spiro atoms. The van der Waals surface area contributed by atoms with Crippen LogP contribution >= 0.6 is 11.5 Å². The van der Waals surface area contributed by atoms with Crippen LogP contribution in [0.25, 0.3) is 10.8 Å². The second-order valence-corrected chi connectivity index (χ2v) is 2.38. The maximum atomic E-state index is 5.05. The topological polar surface area (TPSA) is 51.8 Å². The Morgan fingerprint density at radius 1 is 1.50 bits per heavy atom. The zero-order valence-corrected chi connectivity index (χ0v) is 5.71. The standard InChI is InChI=1S/C5H3N3OS/c1-2-4(9-3-1)5-6-7-8-10-5/h1-3H. The Bertz CT molecular complexity index is 256. The molecule has 2 aromatic heterocycles. The van der Waals surface area contributed by atoms with E-state index in [1.165, 1.54) is 11.5 Å². The van der Waals surface area contributed by atoms with Gasteiger partial charge in [-0.1, -0.05) is 4.49 Å². The second kappa shape index (κ2) is 2.18. The molecule has 0 bridgehead atoms. The van der Waals surface area contributed by atoms with Crippen molar-refractivity contribution in [3.05, 3.63) is 18.4 Å². The molecule has 2 rings (SSSR count). The van der Waals surface area contributed by atoms with Gasteiger partial charge in [0.25, 0.3) is 0 Å². The van der Waals surface area contributed by atoms with Crippen LogP contribution in [0.3, 0.4) is 0 Å². The number of hydrogen-bond donors (Lipinski definition) is 0. The van der Waals surface area contributed by atoms with Crippen molar-refractivity contribution in [2.75, 3.05) is 0 Å². The van der Waals surface area contributed by atoms with Crippen LogP contribution in [-0.2, 0) is 0 Å². The van der Waals surface area contributed by atoms with Crippen LogP contribution in [0.5, 0.6) is 0 Å². The molecule has 0 aliphatic rings. The van der Waals surface area contributed by atoms with Crippen molar-refractivity contribution < 1.29 is 4.42 Å². The van der Waals surface area contributed by atoms with Crippen molar-refractivity contribution in [3.8, 4) is 10.8 Å². The Labute approximate surface area is 60.7 Å². The lowest BCUT2D eigenvalue weighted by Gasteiger charge is -1.80. The summed E-state index contributed by atoms with van der Waals surface area (Å²) in [6.07, 6.45) is 1.59. The SMILES string of the molecule is c1coc(-c2nnns2)c1. The fourth-order valence-corrected chi connectivity index (χ4v) is 1.06. The van der Waals surface area contributed by atoms with E-state index in [9.17, 15) is 0 Å². The zero-order chi connectivity index (χ0) is 6.81. The van der Waals surface area contributed by atoms with E-state index in [4.69, 9.17) is 4.42 Å². The first kappa shape index (κ1) is 5.55. The molecule has 5 heteroatoms. The maximum absolute atomic E-state index is 5.05. The number of furan rings is 1. The second-order valence-electron chi connectivity index (χ2n) is 1.64. The molecule has 0 N–H and O–H groups in total. The highest BCUT2D eigenvalue weighted by Crippen LogP contribution is 2.18. The van der Waals surface area contributed by atoms with Crippen molar-refractivity contribution in [3.63, 3.8) is 0 Å². The quantitative estimate of drug-likeness (QED) is 0.617. The molecule has 4 nitrogen and oxygen atoms in total. The summed E-state index contributed by atoms with van der Waals surface area (Å²) in [5, 5.41) is 7.87. The van der Waals surface area contributed by atoms with E-state index in [0.29, 0.717) is 5.01 Å². The molecule has 10 heavy (non-hydrogen) atoms. The van der Waals surface area contributed by atoms with Crippen LogP contribution in [0.4, 0.5) is 0 Å². The third kappa shape index (κ3) is 0.801. The fourth-order valence-electron chi connectivity index (χ4n) is 0.629. The number of nitrogens with zero attached hydrogens (tertiary/aromatic N) is 3. The van der Waals surface area contributed by atoms with Gasteiger partial charge < -0.3 is 4.42 Å². The zero-order valence-electron chi connectivity index (χ0n) is 4.89. The van der Waals surface area contributed by atoms with Gasteiger partial charge in [0.1, 0.15) is 0 Å². The Morgan fingerprint density at radius 3 is 3.10 bits per heavy atom. The van der Waals surface area contributed by atoms with Gasteiger partial charge in [0.2, 0.25) is 5.01 Å². The molecule has 2 heterocycles. The first-order valence-corrected chi connectivity index (χ1v) is 3.43. The summed E-state index contributed by atoms with van der Waals surface area (Å²) in [7, 11) is 0. The normalized spacial score (nSPS) is 10.0. The van der Waals surface area contributed by atoms with Crippen LogP contribution < -0.4 is 0 Å². The number of rotatable bonds is 1. The van der Waals surface area contributed by atoms with Gasteiger partial charge in [-0.25, -0.2) is 0 Å². The molecule has 0 unspecified atom stereocenters.